The lowest BCUT2D eigenvalue weighted by Crippen LogP contribution is -2.20. The van der Waals surface area contributed by atoms with Crippen LogP contribution in [0.5, 0.6) is 0 Å². The van der Waals surface area contributed by atoms with E-state index in [9.17, 15) is 20.0 Å². The van der Waals surface area contributed by atoms with E-state index in [1.807, 2.05) is 0 Å². The molecule has 6 heteroatoms. The highest BCUT2D eigenvalue weighted by atomic mass is 32.1. The van der Waals surface area contributed by atoms with Crippen molar-refractivity contribution in [1.82, 2.24) is 0 Å². The van der Waals surface area contributed by atoms with E-state index in [1.165, 1.54) is 11.3 Å². The lowest BCUT2D eigenvalue weighted by atomic mass is 9.88. The van der Waals surface area contributed by atoms with Crippen molar-refractivity contribution in [3.63, 3.8) is 0 Å². The molecule has 0 bridgehead atoms. The van der Waals surface area contributed by atoms with Crippen LogP contribution in [0.1, 0.15) is 47.3 Å². The molecule has 0 aliphatic heterocycles. The zero-order valence-corrected chi connectivity index (χ0v) is 15.3. The number of carbonyl (C=O) groups excluding carboxylic acids is 1. The summed E-state index contributed by atoms with van der Waals surface area (Å²) in [4.78, 5) is 25.2. The fourth-order valence-electron chi connectivity index (χ4n) is 3.35. The van der Waals surface area contributed by atoms with Gasteiger partial charge in [0.2, 0.25) is 5.91 Å². The van der Waals surface area contributed by atoms with Crippen molar-refractivity contribution < 1.29 is 14.7 Å². The highest BCUT2D eigenvalue weighted by Crippen LogP contribution is 2.39. The molecule has 0 saturated heterocycles. The number of carboxylic acid groups (broad SMARTS) is 1. The molecule has 0 saturated carbocycles. The molecule has 5 nitrogen and oxygen atoms in total. The van der Waals surface area contributed by atoms with Crippen molar-refractivity contribution in [2.45, 2.75) is 38.5 Å². The molecule has 0 radical (unpaired) electrons. The number of carboxylic acids is 1. The van der Waals surface area contributed by atoms with Crippen molar-refractivity contribution in [1.29, 1.82) is 5.26 Å². The van der Waals surface area contributed by atoms with Gasteiger partial charge in [0.25, 0.3) is 0 Å². The standard InChI is InChI=1S/C20H20N2O3S/c1-12-7-8-14-16(11-21)19(26-17(14)9-12)22-18(23)10-15(20(24)25)13-5-3-2-4-6-13/h2-6,12,15H,7-10H2,1H3,(H,22,23)(H,24,25)/t12-,15+/m1/s1. The van der Waals surface area contributed by atoms with E-state index in [2.05, 4.69) is 18.3 Å². The number of fused-ring (bicyclic) bond motifs is 1. The Labute approximate surface area is 156 Å². The molecule has 2 atom stereocenters. The van der Waals surface area contributed by atoms with Gasteiger partial charge in [-0.25, -0.2) is 0 Å². The normalized spacial score (nSPS) is 17.0. The van der Waals surface area contributed by atoms with Crippen molar-refractivity contribution in [2.75, 3.05) is 5.32 Å². The Balaban J connectivity index is 1.78. The summed E-state index contributed by atoms with van der Waals surface area (Å²) in [5, 5.41) is 22.3. The molecule has 0 fully saturated rings. The third kappa shape index (κ3) is 3.78. The number of benzene rings is 1. The highest BCUT2D eigenvalue weighted by molar-refractivity contribution is 7.16. The average Bonchev–Trinajstić information content (AvgIpc) is 2.95. The molecule has 0 unspecified atom stereocenters. The van der Waals surface area contributed by atoms with Gasteiger partial charge in [-0.15, -0.1) is 11.3 Å². The van der Waals surface area contributed by atoms with Gasteiger partial charge in [0.15, 0.2) is 0 Å². The van der Waals surface area contributed by atoms with Crippen LogP contribution in [0.2, 0.25) is 0 Å². The quantitative estimate of drug-likeness (QED) is 0.836. The number of nitrogens with one attached hydrogen (secondary N) is 1. The largest absolute Gasteiger partial charge is 0.481 e. The molecule has 0 spiro atoms. The first-order chi connectivity index (χ1) is 12.5. The number of nitrogens with zero attached hydrogens (tertiary/aromatic N) is 1. The lowest BCUT2D eigenvalue weighted by molar-refractivity contribution is -0.140. The molecule has 1 aromatic heterocycles. The summed E-state index contributed by atoms with van der Waals surface area (Å²) in [6.07, 6.45) is 2.66. The fourth-order valence-corrected chi connectivity index (χ4v) is 4.73. The minimum atomic E-state index is -1.04. The number of carbonyl (C=O) groups is 2. The number of hydrogen-bond acceptors (Lipinski definition) is 4. The van der Waals surface area contributed by atoms with E-state index < -0.39 is 11.9 Å². The Hall–Kier alpha value is -2.65. The summed E-state index contributed by atoms with van der Waals surface area (Å²) in [6.45, 7) is 2.18. The SMILES string of the molecule is C[C@@H]1CCc2c(sc(NC(=O)C[C@H](C(=O)O)c3ccccc3)c2C#N)C1. The number of thiophene rings is 1. The molecule has 2 N–H and O–H groups in total. The van der Waals surface area contributed by atoms with Gasteiger partial charge in [-0.3, -0.25) is 9.59 Å². The van der Waals surface area contributed by atoms with E-state index >= 15 is 0 Å². The monoisotopic (exact) mass is 368 g/mol. The summed E-state index contributed by atoms with van der Waals surface area (Å²) in [7, 11) is 0. The van der Waals surface area contributed by atoms with E-state index in [-0.39, 0.29) is 12.3 Å². The number of anilines is 1. The van der Waals surface area contributed by atoms with Gasteiger partial charge in [-0.2, -0.15) is 5.26 Å². The summed E-state index contributed by atoms with van der Waals surface area (Å²) >= 11 is 1.45. The Kier molecular flexibility index (Phi) is 5.38. The van der Waals surface area contributed by atoms with Crippen LogP contribution in [0.15, 0.2) is 30.3 Å². The molecule has 1 aliphatic rings. The third-order valence-electron chi connectivity index (χ3n) is 4.77. The summed E-state index contributed by atoms with van der Waals surface area (Å²) in [5.41, 5.74) is 2.18. The zero-order chi connectivity index (χ0) is 18.7. The van der Waals surface area contributed by atoms with Gasteiger partial charge < -0.3 is 10.4 Å². The first-order valence-corrected chi connectivity index (χ1v) is 9.43. The van der Waals surface area contributed by atoms with Crippen LogP contribution in [0.3, 0.4) is 0 Å². The number of rotatable bonds is 5. The molecular formula is C20H20N2O3S. The van der Waals surface area contributed by atoms with Gasteiger partial charge in [0.1, 0.15) is 11.1 Å². The van der Waals surface area contributed by atoms with Crippen LogP contribution < -0.4 is 5.32 Å². The van der Waals surface area contributed by atoms with Gasteiger partial charge in [-0.05, 0) is 36.3 Å². The molecule has 1 heterocycles. The lowest BCUT2D eigenvalue weighted by Gasteiger charge is -2.17. The summed E-state index contributed by atoms with van der Waals surface area (Å²) < 4.78 is 0. The van der Waals surface area contributed by atoms with Gasteiger partial charge >= 0.3 is 5.97 Å². The van der Waals surface area contributed by atoms with E-state index in [0.717, 1.165) is 29.7 Å². The Bertz CT molecular complexity index is 867. The zero-order valence-electron chi connectivity index (χ0n) is 14.5. The molecule has 3 rings (SSSR count). The fraction of sp³-hybridized carbons (Fsp3) is 0.350. The number of hydrogen-bond donors (Lipinski definition) is 2. The van der Waals surface area contributed by atoms with E-state index in [4.69, 9.17) is 0 Å². The Morgan fingerprint density at radius 3 is 2.77 bits per heavy atom. The van der Waals surface area contributed by atoms with Crippen LogP contribution in [-0.2, 0) is 22.4 Å². The second-order valence-corrected chi connectivity index (χ2v) is 7.83. The van der Waals surface area contributed by atoms with Crippen LogP contribution >= 0.6 is 11.3 Å². The molecule has 26 heavy (non-hydrogen) atoms. The van der Waals surface area contributed by atoms with Gasteiger partial charge in [0, 0.05) is 11.3 Å². The van der Waals surface area contributed by atoms with E-state index in [1.54, 1.807) is 30.3 Å². The van der Waals surface area contributed by atoms with Gasteiger partial charge in [-0.1, -0.05) is 37.3 Å². The van der Waals surface area contributed by atoms with Crippen molar-refractivity contribution in [3.05, 3.63) is 51.9 Å². The molecular weight excluding hydrogens is 348 g/mol. The van der Waals surface area contributed by atoms with Crippen LogP contribution in [0.25, 0.3) is 0 Å². The van der Waals surface area contributed by atoms with E-state index in [0.29, 0.717) is 22.0 Å². The maximum atomic E-state index is 12.5. The van der Waals surface area contributed by atoms with Crippen molar-refractivity contribution in [3.8, 4) is 6.07 Å². The van der Waals surface area contributed by atoms with Crippen LogP contribution in [0.4, 0.5) is 5.00 Å². The molecule has 1 aromatic carbocycles. The smallest absolute Gasteiger partial charge is 0.311 e. The number of amides is 1. The molecule has 134 valence electrons. The second kappa shape index (κ2) is 7.71. The first-order valence-electron chi connectivity index (χ1n) is 8.61. The minimum absolute atomic E-state index is 0.164. The molecule has 2 aromatic rings. The maximum Gasteiger partial charge on any atom is 0.311 e. The first kappa shape index (κ1) is 18.2. The van der Waals surface area contributed by atoms with Crippen molar-refractivity contribution >= 4 is 28.2 Å². The second-order valence-electron chi connectivity index (χ2n) is 6.72. The minimum Gasteiger partial charge on any atom is -0.481 e. The third-order valence-corrected chi connectivity index (χ3v) is 5.94. The molecule has 1 amide bonds. The van der Waals surface area contributed by atoms with Crippen LogP contribution in [-0.4, -0.2) is 17.0 Å². The predicted octanol–water partition coefficient (Wildman–Crippen LogP) is 3.94. The Morgan fingerprint density at radius 2 is 2.12 bits per heavy atom. The summed E-state index contributed by atoms with van der Waals surface area (Å²) in [5.74, 6) is -1.75. The highest BCUT2D eigenvalue weighted by Gasteiger charge is 2.27. The van der Waals surface area contributed by atoms with Crippen LogP contribution in [0, 0.1) is 17.2 Å². The van der Waals surface area contributed by atoms with Gasteiger partial charge in [0.05, 0.1) is 11.5 Å². The average molecular weight is 368 g/mol. The summed E-state index contributed by atoms with van der Waals surface area (Å²) in [6, 6.07) is 10.9. The number of aliphatic carboxylic acids is 1. The molecule has 1 aliphatic carbocycles. The number of nitriles is 1. The Morgan fingerprint density at radius 1 is 1.38 bits per heavy atom. The predicted molar refractivity (Wildman–Crippen MR) is 100 cm³/mol. The van der Waals surface area contributed by atoms with Crippen molar-refractivity contribution in [2.24, 2.45) is 5.92 Å². The maximum absolute atomic E-state index is 12.5. The topological polar surface area (TPSA) is 90.2 Å².